The molecule has 0 aliphatic carbocycles. The van der Waals surface area contributed by atoms with Crippen molar-refractivity contribution >= 4 is 11.9 Å². The normalized spacial score (nSPS) is 17.7. The highest BCUT2D eigenvalue weighted by molar-refractivity contribution is 6.14. The molecule has 1 aromatic carbocycles. The fourth-order valence-corrected chi connectivity index (χ4v) is 1.55. The summed E-state index contributed by atoms with van der Waals surface area (Å²) in [7, 11) is 0. The second-order valence-corrected chi connectivity index (χ2v) is 3.89. The molecule has 2 rings (SSSR count). The molecule has 1 aromatic rings. The second kappa shape index (κ2) is 4.00. The number of nitriles is 1. The predicted octanol–water partition coefficient (Wildman–Crippen LogP) is 1.39. The largest absolute Gasteiger partial charge is 0.414 e. The maximum absolute atomic E-state index is 11.4. The lowest BCUT2D eigenvalue weighted by Crippen LogP contribution is -2.41. The van der Waals surface area contributed by atoms with Crippen LogP contribution in [0.5, 0.6) is 0 Å². The molecule has 5 heteroatoms. The first-order chi connectivity index (χ1) is 8.46. The Kier molecular flexibility index (Phi) is 2.64. The third kappa shape index (κ3) is 1.84. The minimum Gasteiger partial charge on any atom is -0.414 e. The summed E-state index contributed by atoms with van der Waals surface area (Å²) >= 11 is 0. The van der Waals surface area contributed by atoms with Crippen molar-refractivity contribution in [2.24, 2.45) is 0 Å². The number of cyclic esters (lactones) is 2. The van der Waals surface area contributed by atoms with Crippen LogP contribution in [0.15, 0.2) is 36.4 Å². The topological polar surface area (TPSA) is 76.4 Å². The Morgan fingerprint density at radius 2 is 1.67 bits per heavy atom. The van der Waals surface area contributed by atoms with E-state index in [0.29, 0.717) is 11.1 Å². The molecular weight excluding hydrogens is 234 g/mol. The summed E-state index contributed by atoms with van der Waals surface area (Å²) in [5.41, 5.74) is 0.594. The Labute approximate surface area is 103 Å². The van der Waals surface area contributed by atoms with Crippen molar-refractivity contribution in [3.63, 3.8) is 0 Å². The van der Waals surface area contributed by atoms with Gasteiger partial charge in [0, 0.05) is 12.5 Å². The molecule has 90 valence electrons. The number of esters is 2. The molecule has 0 atom stereocenters. The van der Waals surface area contributed by atoms with Gasteiger partial charge in [0.1, 0.15) is 5.57 Å². The van der Waals surface area contributed by atoms with Crippen LogP contribution in [-0.2, 0) is 24.8 Å². The molecule has 18 heavy (non-hydrogen) atoms. The van der Waals surface area contributed by atoms with Gasteiger partial charge in [-0.2, -0.15) is 5.26 Å². The van der Waals surface area contributed by atoms with Crippen molar-refractivity contribution in [3.8, 4) is 6.07 Å². The van der Waals surface area contributed by atoms with Crippen LogP contribution in [0, 0.1) is 11.3 Å². The average molecular weight is 243 g/mol. The summed E-state index contributed by atoms with van der Waals surface area (Å²) in [5.74, 6) is -3.10. The number of hydrogen-bond donors (Lipinski definition) is 0. The Hall–Kier alpha value is -2.61. The van der Waals surface area contributed by atoms with E-state index in [2.05, 4.69) is 6.58 Å². The van der Waals surface area contributed by atoms with Gasteiger partial charge in [-0.3, -0.25) is 0 Å². The molecule has 0 aromatic heterocycles. The molecule has 0 saturated carbocycles. The van der Waals surface area contributed by atoms with E-state index in [1.54, 1.807) is 24.3 Å². The van der Waals surface area contributed by atoms with Gasteiger partial charge in [-0.1, -0.05) is 6.58 Å². The van der Waals surface area contributed by atoms with Crippen LogP contribution in [0.1, 0.15) is 18.1 Å². The Balaban J connectivity index is 2.36. The lowest BCUT2D eigenvalue weighted by Gasteiger charge is -2.33. The highest BCUT2D eigenvalue weighted by Gasteiger charge is 2.43. The quantitative estimate of drug-likeness (QED) is 0.423. The van der Waals surface area contributed by atoms with E-state index < -0.39 is 17.7 Å². The number of nitrogens with zero attached hydrogens (tertiary/aromatic N) is 1. The lowest BCUT2D eigenvalue weighted by atomic mass is 10.0. The first-order valence-corrected chi connectivity index (χ1v) is 5.12. The smallest absolute Gasteiger partial charge is 0.348 e. The molecule has 0 radical (unpaired) electrons. The molecule has 1 saturated heterocycles. The molecule has 0 amide bonds. The molecule has 0 N–H and O–H groups in total. The lowest BCUT2D eigenvalue weighted by molar-refractivity contribution is -0.233. The minimum atomic E-state index is -1.48. The zero-order valence-corrected chi connectivity index (χ0v) is 9.60. The summed E-state index contributed by atoms with van der Waals surface area (Å²) in [5, 5.41) is 8.69. The zero-order valence-electron chi connectivity index (χ0n) is 9.60. The van der Waals surface area contributed by atoms with Crippen LogP contribution in [0.3, 0.4) is 0 Å². The van der Waals surface area contributed by atoms with E-state index in [9.17, 15) is 9.59 Å². The van der Waals surface area contributed by atoms with E-state index in [4.69, 9.17) is 14.7 Å². The minimum absolute atomic E-state index is 0.332. The van der Waals surface area contributed by atoms with Crippen molar-refractivity contribution in [2.45, 2.75) is 12.7 Å². The molecule has 1 heterocycles. The summed E-state index contributed by atoms with van der Waals surface area (Å²) in [6.45, 7) is 4.73. The SMILES string of the molecule is C=C1C(=O)OC(C)(c2ccc(C#N)cc2)OC1=O. The summed E-state index contributed by atoms with van der Waals surface area (Å²) in [6.07, 6.45) is 0. The number of carbonyl (C=O) groups excluding carboxylic acids is 2. The Morgan fingerprint density at radius 1 is 1.17 bits per heavy atom. The van der Waals surface area contributed by atoms with E-state index in [1.165, 1.54) is 6.92 Å². The van der Waals surface area contributed by atoms with E-state index in [1.807, 2.05) is 6.07 Å². The van der Waals surface area contributed by atoms with Crippen LogP contribution in [0.4, 0.5) is 0 Å². The summed E-state index contributed by atoms with van der Waals surface area (Å²) in [6, 6.07) is 8.18. The van der Waals surface area contributed by atoms with Gasteiger partial charge in [-0.25, -0.2) is 9.59 Å². The van der Waals surface area contributed by atoms with Gasteiger partial charge in [0.25, 0.3) is 5.79 Å². The molecule has 0 unspecified atom stereocenters. The first kappa shape index (κ1) is 11.9. The molecule has 0 bridgehead atoms. The fourth-order valence-electron chi connectivity index (χ4n) is 1.55. The number of rotatable bonds is 1. The zero-order chi connectivity index (χ0) is 13.3. The Morgan fingerprint density at radius 3 is 2.11 bits per heavy atom. The van der Waals surface area contributed by atoms with Gasteiger partial charge in [0.2, 0.25) is 0 Å². The van der Waals surface area contributed by atoms with Crippen molar-refractivity contribution in [1.29, 1.82) is 5.26 Å². The number of benzene rings is 1. The molecule has 1 fully saturated rings. The molecule has 1 aliphatic heterocycles. The van der Waals surface area contributed by atoms with Gasteiger partial charge in [0.05, 0.1) is 11.6 Å². The van der Waals surface area contributed by atoms with Gasteiger partial charge < -0.3 is 9.47 Å². The van der Waals surface area contributed by atoms with Gasteiger partial charge >= 0.3 is 11.9 Å². The molecule has 0 spiro atoms. The first-order valence-electron chi connectivity index (χ1n) is 5.12. The maximum Gasteiger partial charge on any atom is 0.348 e. The van der Waals surface area contributed by atoms with Gasteiger partial charge in [0.15, 0.2) is 0 Å². The van der Waals surface area contributed by atoms with Crippen molar-refractivity contribution in [3.05, 3.63) is 47.5 Å². The maximum atomic E-state index is 11.4. The van der Waals surface area contributed by atoms with E-state index in [-0.39, 0.29) is 5.57 Å². The molecule has 5 nitrogen and oxygen atoms in total. The van der Waals surface area contributed by atoms with E-state index >= 15 is 0 Å². The van der Waals surface area contributed by atoms with Gasteiger partial charge in [-0.05, 0) is 24.3 Å². The third-order valence-corrected chi connectivity index (χ3v) is 2.61. The van der Waals surface area contributed by atoms with Crippen LogP contribution in [-0.4, -0.2) is 11.9 Å². The van der Waals surface area contributed by atoms with Gasteiger partial charge in [-0.15, -0.1) is 0 Å². The summed E-state index contributed by atoms with van der Waals surface area (Å²) in [4.78, 5) is 22.9. The number of hydrogen-bond acceptors (Lipinski definition) is 5. The summed E-state index contributed by atoms with van der Waals surface area (Å²) < 4.78 is 10.1. The Bertz CT molecular complexity index is 560. The second-order valence-electron chi connectivity index (χ2n) is 3.89. The number of ether oxygens (including phenoxy) is 2. The molecule has 1 aliphatic rings. The highest BCUT2D eigenvalue weighted by Crippen LogP contribution is 2.32. The fraction of sp³-hybridized carbons (Fsp3) is 0.154. The van der Waals surface area contributed by atoms with Crippen LogP contribution in [0.25, 0.3) is 0 Å². The standard InChI is InChI=1S/C13H9NO4/c1-8-11(15)17-13(2,18-12(8)16)10-5-3-9(7-14)4-6-10/h3-6H,1H2,2H3. The predicted molar refractivity (Wildman–Crippen MR) is 59.8 cm³/mol. The monoisotopic (exact) mass is 243 g/mol. The molecular formula is C13H9NO4. The van der Waals surface area contributed by atoms with Crippen molar-refractivity contribution in [1.82, 2.24) is 0 Å². The van der Waals surface area contributed by atoms with Crippen LogP contribution < -0.4 is 0 Å². The van der Waals surface area contributed by atoms with Crippen molar-refractivity contribution in [2.75, 3.05) is 0 Å². The van der Waals surface area contributed by atoms with E-state index in [0.717, 1.165) is 0 Å². The number of carbonyl (C=O) groups is 2. The van der Waals surface area contributed by atoms with Crippen LogP contribution in [0.2, 0.25) is 0 Å². The average Bonchev–Trinajstić information content (AvgIpc) is 2.36. The van der Waals surface area contributed by atoms with Crippen molar-refractivity contribution < 1.29 is 19.1 Å². The third-order valence-electron chi connectivity index (χ3n) is 2.61. The highest BCUT2D eigenvalue weighted by atomic mass is 16.7. The van der Waals surface area contributed by atoms with Crippen LogP contribution >= 0.6 is 0 Å².